The average Bonchev–Trinajstić information content (AvgIpc) is 3.28. The van der Waals surface area contributed by atoms with Gasteiger partial charge in [-0.05, 0) is 67.8 Å². The molecule has 0 aliphatic carbocycles. The molecule has 0 saturated carbocycles. The van der Waals surface area contributed by atoms with Crippen LogP contribution in [0, 0.1) is 6.92 Å². The molecule has 6 nitrogen and oxygen atoms in total. The molecule has 40 heavy (non-hydrogen) atoms. The first-order valence-electron chi connectivity index (χ1n) is 13.5. The van der Waals surface area contributed by atoms with E-state index in [1.807, 2.05) is 18.4 Å². The van der Waals surface area contributed by atoms with Gasteiger partial charge < -0.3 is 14.2 Å². The zero-order chi connectivity index (χ0) is 28.4. The number of anilines is 1. The standard InChI is InChI=1S/C31H33F3N4O2/c1-4-40-29-17-23(10-9-21(29)2)19-36-13-15-37(16-14-36)30-35-27-18-24(22(3)39)11-12-28(27)38(30)20-25-7-5-6-8-26(25)31(32,33)34/h5-12,17-18H,4,13-16,19-20H2,1-3H3. The van der Waals surface area contributed by atoms with Crippen molar-refractivity contribution in [2.24, 2.45) is 0 Å². The molecule has 1 aliphatic rings. The van der Waals surface area contributed by atoms with E-state index in [4.69, 9.17) is 9.72 Å². The maximum atomic E-state index is 13.8. The number of imidazole rings is 1. The number of fused-ring (bicyclic) bond motifs is 1. The molecule has 9 heteroatoms. The molecular weight excluding hydrogens is 517 g/mol. The van der Waals surface area contributed by atoms with Crippen LogP contribution in [0.4, 0.5) is 19.1 Å². The summed E-state index contributed by atoms with van der Waals surface area (Å²) in [6.45, 7) is 9.82. The number of aromatic nitrogens is 2. The van der Waals surface area contributed by atoms with E-state index in [1.54, 1.807) is 24.3 Å². The monoisotopic (exact) mass is 550 g/mol. The minimum absolute atomic E-state index is 0.0186. The van der Waals surface area contributed by atoms with Crippen molar-refractivity contribution in [2.75, 3.05) is 37.7 Å². The number of nitrogens with zero attached hydrogens (tertiary/aromatic N) is 4. The Bertz CT molecular complexity index is 1520. The Hall–Kier alpha value is -3.85. The number of alkyl halides is 3. The molecular formula is C31H33F3N4O2. The summed E-state index contributed by atoms with van der Waals surface area (Å²) >= 11 is 0. The summed E-state index contributed by atoms with van der Waals surface area (Å²) in [5.74, 6) is 1.43. The van der Waals surface area contributed by atoms with Crippen molar-refractivity contribution in [3.05, 3.63) is 88.5 Å². The normalized spacial score (nSPS) is 14.6. The fraction of sp³-hybridized carbons (Fsp3) is 0.355. The fourth-order valence-electron chi connectivity index (χ4n) is 5.26. The van der Waals surface area contributed by atoms with Crippen LogP contribution in [0.1, 0.15) is 46.5 Å². The Morgan fingerprint density at radius 3 is 2.42 bits per heavy atom. The van der Waals surface area contributed by atoms with E-state index in [1.165, 1.54) is 24.6 Å². The van der Waals surface area contributed by atoms with E-state index in [-0.39, 0.29) is 17.9 Å². The van der Waals surface area contributed by atoms with Gasteiger partial charge in [0.15, 0.2) is 5.78 Å². The molecule has 0 N–H and O–H groups in total. The highest BCUT2D eigenvalue weighted by Crippen LogP contribution is 2.34. The quantitative estimate of drug-likeness (QED) is 0.240. The summed E-state index contributed by atoms with van der Waals surface area (Å²) in [6.07, 6.45) is -4.46. The second kappa shape index (κ2) is 11.3. The first-order valence-corrected chi connectivity index (χ1v) is 13.5. The van der Waals surface area contributed by atoms with Gasteiger partial charge in [-0.15, -0.1) is 0 Å². The molecule has 2 heterocycles. The molecule has 210 valence electrons. The summed E-state index contributed by atoms with van der Waals surface area (Å²) in [7, 11) is 0. The molecule has 1 fully saturated rings. The molecule has 0 bridgehead atoms. The third kappa shape index (κ3) is 5.84. The maximum absolute atomic E-state index is 13.8. The van der Waals surface area contributed by atoms with Crippen molar-refractivity contribution < 1.29 is 22.7 Å². The smallest absolute Gasteiger partial charge is 0.416 e. The number of piperazine rings is 1. The third-order valence-corrected chi connectivity index (χ3v) is 7.40. The Morgan fingerprint density at radius 2 is 1.73 bits per heavy atom. The zero-order valence-corrected chi connectivity index (χ0v) is 23.0. The topological polar surface area (TPSA) is 50.6 Å². The molecule has 3 aromatic carbocycles. The lowest BCUT2D eigenvalue weighted by Crippen LogP contribution is -2.46. The number of carbonyl (C=O) groups excluding carboxylic acids is 1. The van der Waals surface area contributed by atoms with E-state index in [0.29, 0.717) is 42.2 Å². The van der Waals surface area contributed by atoms with Crippen LogP contribution in [0.15, 0.2) is 60.7 Å². The second-order valence-electron chi connectivity index (χ2n) is 10.2. The van der Waals surface area contributed by atoms with Crippen LogP contribution < -0.4 is 9.64 Å². The molecule has 1 saturated heterocycles. The van der Waals surface area contributed by atoms with Crippen molar-refractivity contribution in [3.63, 3.8) is 0 Å². The minimum atomic E-state index is -4.46. The third-order valence-electron chi connectivity index (χ3n) is 7.40. The van der Waals surface area contributed by atoms with Gasteiger partial charge in [-0.2, -0.15) is 13.2 Å². The number of aryl methyl sites for hydroxylation is 1. The van der Waals surface area contributed by atoms with Crippen LogP contribution in [-0.4, -0.2) is 53.0 Å². The van der Waals surface area contributed by atoms with Crippen LogP contribution in [0.2, 0.25) is 0 Å². The Labute approximate surface area is 232 Å². The SMILES string of the molecule is CCOc1cc(CN2CCN(c3nc4cc(C(C)=O)ccc4n3Cc3ccccc3C(F)(F)F)CC2)ccc1C. The van der Waals surface area contributed by atoms with Gasteiger partial charge in [0.1, 0.15) is 5.75 Å². The van der Waals surface area contributed by atoms with E-state index >= 15 is 0 Å². The molecule has 1 aromatic heterocycles. The molecule has 1 aliphatic heterocycles. The summed E-state index contributed by atoms with van der Waals surface area (Å²) in [5.41, 5.74) is 3.62. The van der Waals surface area contributed by atoms with Gasteiger partial charge >= 0.3 is 6.18 Å². The Balaban J connectivity index is 1.42. The first-order chi connectivity index (χ1) is 19.1. The number of hydrogen-bond donors (Lipinski definition) is 0. The number of benzene rings is 3. The predicted molar refractivity (Wildman–Crippen MR) is 150 cm³/mol. The molecule has 0 spiro atoms. The maximum Gasteiger partial charge on any atom is 0.416 e. The highest BCUT2D eigenvalue weighted by Gasteiger charge is 2.33. The number of hydrogen-bond acceptors (Lipinski definition) is 5. The lowest BCUT2D eigenvalue weighted by Gasteiger charge is -2.35. The lowest BCUT2D eigenvalue weighted by molar-refractivity contribution is -0.138. The number of carbonyl (C=O) groups is 1. The van der Waals surface area contributed by atoms with E-state index in [0.717, 1.165) is 37.0 Å². The number of ketones is 1. The summed E-state index contributed by atoms with van der Waals surface area (Å²) in [4.78, 5) is 21.3. The molecule has 0 atom stereocenters. The largest absolute Gasteiger partial charge is 0.494 e. The molecule has 0 radical (unpaired) electrons. The second-order valence-corrected chi connectivity index (χ2v) is 10.2. The van der Waals surface area contributed by atoms with Crippen molar-refractivity contribution in [1.29, 1.82) is 0 Å². The molecule has 5 rings (SSSR count). The highest BCUT2D eigenvalue weighted by molar-refractivity contribution is 5.97. The lowest BCUT2D eigenvalue weighted by atomic mass is 10.1. The number of rotatable bonds is 8. The van der Waals surface area contributed by atoms with Gasteiger partial charge in [-0.25, -0.2) is 4.98 Å². The first kappa shape index (κ1) is 27.7. The van der Waals surface area contributed by atoms with Crippen LogP contribution >= 0.6 is 0 Å². The minimum Gasteiger partial charge on any atom is -0.494 e. The van der Waals surface area contributed by atoms with Crippen LogP contribution in [-0.2, 0) is 19.3 Å². The number of Topliss-reactive ketones (excluding diaryl/α,β-unsaturated/α-hetero) is 1. The van der Waals surface area contributed by atoms with Crippen molar-refractivity contribution in [3.8, 4) is 5.75 Å². The molecule has 0 amide bonds. The van der Waals surface area contributed by atoms with Gasteiger partial charge in [-0.1, -0.05) is 30.3 Å². The van der Waals surface area contributed by atoms with Crippen molar-refractivity contribution in [1.82, 2.24) is 14.5 Å². The summed E-state index contributed by atoms with van der Waals surface area (Å²) in [6, 6.07) is 17.1. The van der Waals surface area contributed by atoms with Crippen molar-refractivity contribution in [2.45, 2.75) is 40.0 Å². The van der Waals surface area contributed by atoms with Gasteiger partial charge in [0.25, 0.3) is 0 Å². The van der Waals surface area contributed by atoms with Gasteiger partial charge in [-0.3, -0.25) is 9.69 Å². The summed E-state index contributed by atoms with van der Waals surface area (Å²) < 4.78 is 49.0. The Kier molecular flexibility index (Phi) is 7.85. The van der Waals surface area contributed by atoms with Crippen LogP contribution in [0.3, 0.4) is 0 Å². The summed E-state index contributed by atoms with van der Waals surface area (Å²) in [5, 5.41) is 0. The number of ether oxygens (including phenoxy) is 1. The highest BCUT2D eigenvalue weighted by atomic mass is 19.4. The van der Waals surface area contributed by atoms with Gasteiger partial charge in [0.05, 0.1) is 29.7 Å². The predicted octanol–water partition coefficient (Wildman–Crippen LogP) is 6.34. The van der Waals surface area contributed by atoms with E-state index in [2.05, 4.69) is 28.0 Å². The Morgan fingerprint density at radius 1 is 0.975 bits per heavy atom. The van der Waals surface area contributed by atoms with E-state index in [9.17, 15) is 18.0 Å². The average molecular weight is 551 g/mol. The van der Waals surface area contributed by atoms with Crippen molar-refractivity contribution >= 4 is 22.8 Å². The fourth-order valence-corrected chi connectivity index (χ4v) is 5.26. The molecule has 0 unspecified atom stereocenters. The van der Waals surface area contributed by atoms with Crippen LogP contribution in [0.5, 0.6) is 5.75 Å². The number of halogens is 3. The molecule has 4 aromatic rings. The van der Waals surface area contributed by atoms with Crippen LogP contribution in [0.25, 0.3) is 11.0 Å². The zero-order valence-electron chi connectivity index (χ0n) is 23.0. The van der Waals surface area contributed by atoms with Gasteiger partial charge in [0, 0.05) is 38.3 Å². The van der Waals surface area contributed by atoms with Gasteiger partial charge in [0.2, 0.25) is 5.95 Å². The van der Waals surface area contributed by atoms with E-state index < -0.39 is 11.7 Å².